The van der Waals surface area contributed by atoms with Crippen molar-refractivity contribution in [3.05, 3.63) is 66.2 Å². The molecular formula is C19H16N2O4. The molecular weight excluding hydrogens is 320 g/mol. The van der Waals surface area contributed by atoms with Gasteiger partial charge in [-0.1, -0.05) is 36.4 Å². The van der Waals surface area contributed by atoms with E-state index in [1.54, 1.807) is 6.20 Å². The van der Waals surface area contributed by atoms with Gasteiger partial charge in [-0.15, -0.1) is 0 Å². The molecule has 2 heterocycles. The number of nitrogens with zero attached hydrogens (tertiary/aromatic N) is 1. The first-order valence-corrected chi connectivity index (χ1v) is 7.93. The van der Waals surface area contributed by atoms with Crippen LogP contribution in [0.3, 0.4) is 0 Å². The third kappa shape index (κ3) is 3.47. The molecule has 25 heavy (non-hydrogen) atoms. The minimum absolute atomic E-state index is 0.113. The van der Waals surface area contributed by atoms with Gasteiger partial charge < -0.3 is 19.2 Å². The lowest BCUT2D eigenvalue weighted by atomic mass is 10.1. The summed E-state index contributed by atoms with van der Waals surface area (Å²) in [7, 11) is 0. The Bertz CT molecular complexity index is 889. The summed E-state index contributed by atoms with van der Waals surface area (Å²) in [5.41, 5.74) is 1.81. The number of carbonyl (C=O) groups excluding carboxylic acids is 1. The lowest BCUT2D eigenvalue weighted by Gasteiger charge is -2.04. The Morgan fingerprint density at radius 1 is 1.08 bits per heavy atom. The predicted octanol–water partition coefficient (Wildman–Crippen LogP) is 2.93. The molecule has 0 saturated heterocycles. The first kappa shape index (κ1) is 15.3. The zero-order chi connectivity index (χ0) is 17.1. The molecule has 1 aromatic heterocycles. The largest absolute Gasteiger partial charge is 0.454 e. The number of hydrogen-bond donors (Lipinski definition) is 1. The standard InChI is InChI=1S/C19H16N2O4/c22-18(9-13-6-7-15-16(8-13)24-12-23-15)20-11-19-21-10-17(25-19)14-4-2-1-3-5-14/h1-8,10H,9,11-12H2,(H,20,22). The second-order valence-electron chi connectivity index (χ2n) is 5.63. The topological polar surface area (TPSA) is 73.6 Å². The highest BCUT2D eigenvalue weighted by molar-refractivity contribution is 5.78. The van der Waals surface area contributed by atoms with Crippen molar-refractivity contribution in [3.63, 3.8) is 0 Å². The van der Waals surface area contributed by atoms with Gasteiger partial charge in [0, 0.05) is 5.56 Å². The molecule has 1 N–H and O–H groups in total. The van der Waals surface area contributed by atoms with E-state index in [0.29, 0.717) is 23.1 Å². The van der Waals surface area contributed by atoms with E-state index in [4.69, 9.17) is 13.9 Å². The van der Waals surface area contributed by atoms with Gasteiger partial charge in [-0.3, -0.25) is 4.79 Å². The molecule has 0 atom stereocenters. The number of nitrogens with one attached hydrogen (secondary N) is 1. The van der Waals surface area contributed by atoms with E-state index in [9.17, 15) is 4.79 Å². The average molecular weight is 336 g/mol. The third-order valence-electron chi connectivity index (χ3n) is 3.85. The molecule has 6 heteroatoms. The molecule has 6 nitrogen and oxygen atoms in total. The number of carbonyl (C=O) groups is 1. The van der Waals surface area contributed by atoms with E-state index in [2.05, 4.69) is 10.3 Å². The SMILES string of the molecule is O=C(Cc1ccc2c(c1)OCO2)NCc1ncc(-c2ccccc2)o1. The van der Waals surface area contributed by atoms with Crippen LogP contribution in [0.15, 0.2) is 59.1 Å². The molecule has 4 rings (SSSR count). The molecule has 3 aromatic rings. The Morgan fingerprint density at radius 3 is 2.80 bits per heavy atom. The van der Waals surface area contributed by atoms with E-state index in [-0.39, 0.29) is 25.7 Å². The summed E-state index contributed by atoms with van der Waals surface area (Å²) in [6.07, 6.45) is 1.91. The highest BCUT2D eigenvalue weighted by Gasteiger charge is 2.15. The van der Waals surface area contributed by atoms with E-state index >= 15 is 0 Å². The summed E-state index contributed by atoms with van der Waals surface area (Å²) < 4.78 is 16.2. The van der Waals surface area contributed by atoms with E-state index in [1.165, 1.54) is 0 Å². The third-order valence-corrected chi connectivity index (χ3v) is 3.85. The van der Waals surface area contributed by atoms with E-state index in [0.717, 1.165) is 11.1 Å². The summed E-state index contributed by atoms with van der Waals surface area (Å²) in [6, 6.07) is 15.2. The molecule has 0 fully saturated rings. The number of oxazole rings is 1. The van der Waals surface area contributed by atoms with Crippen LogP contribution in [-0.4, -0.2) is 17.7 Å². The number of ether oxygens (including phenoxy) is 2. The number of rotatable bonds is 5. The Labute approximate surface area is 144 Å². The van der Waals surface area contributed by atoms with Crippen LogP contribution in [0.5, 0.6) is 11.5 Å². The zero-order valence-electron chi connectivity index (χ0n) is 13.4. The highest BCUT2D eigenvalue weighted by atomic mass is 16.7. The van der Waals surface area contributed by atoms with Crippen LogP contribution in [0.25, 0.3) is 11.3 Å². The number of amides is 1. The average Bonchev–Trinajstić information content (AvgIpc) is 3.30. The van der Waals surface area contributed by atoms with Gasteiger partial charge in [-0.05, 0) is 17.7 Å². The molecule has 1 aliphatic heterocycles. The van der Waals surface area contributed by atoms with Crippen molar-refractivity contribution in [2.45, 2.75) is 13.0 Å². The van der Waals surface area contributed by atoms with Crippen LogP contribution in [0.2, 0.25) is 0 Å². The van der Waals surface area contributed by atoms with Crippen molar-refractivity contribution in [3.8, 4) is 22.8 Å². The lowest BCUT2D eigenvalue weighted by molar-refractivity contribution is -0.120. The van der Waals surface area contributed by atoms with Gasteiger partial charge in [0.2, 0.25) is 18.6 Å². The Hall–Kier alpha value is -3.28. The molecule has 126 valence electrons. The molecule has 1 amide bonds. The molecule has 1 aliphatic rings. The van der Waals surface area contributed by atoms with Crippen molar-refractivity contribution in [1.29, 1.82) is 0 Å². The number of hydrogen-bond acceptors (Lipinski definition) is 5. The first-order chi connectivity index (χ1) is 12.3. The molecule has 0 radical (unpaired) electrons. The van der Waals surface area contributed by atoms with Crippen LogP contribution < -0.4 is 14.8 Å². The van der Waals surface area contributed by atoms with Crippen molar-refractivity contribution < 1.29 is 18.7 Å². The molecule has 0 unspecified atom stereocenters. The Kier molecular flexibility index (Phi) is 4.08. The Balaban J connectivity index is 1.34. The molecule has 0 aliphatic carbocycles. The van der Waals surface area contributed by atoms with Crippen LogP contribution in [0, 0.1) is 0 Å². The van der Waals surface area contributed by atoms with Gasteiger partial charge in [-0.25, -0.2) is 4.98 Å². The maximum atomic E-state index is 12.1. The van der Waals surface area contributed by atoms with Crippen LogP contribution >= 0.6 is 0 Å². The van der Waals surface area contributed by atoms with Gasteiger partial charge in [0.15, 0.2) is 17.3 Å². The molecule has 0 spiro atoms. The summed E-state index contributed by atoms with van der Waals surface area (Å²) in [4.78, 5) is 16.3. The molecule has 0 saturated carbocycles. The summed E-state index contributed by atoms with van der Waals surface area (Å²) in [6.45, 7) is 0.467. The van der Waals surface area contributed by atoms with E-state index in [1.807, 2.05) is 48.5 Å². The quantitative estimate of drug-likeness (QED) is 0.775. The van der Waals surface area contributed by atoms with Gasteiger partial charge in [0.05, 0.1) is 19.2 Å². The van der Waals surface area contributed by atoms with Crippen molar-refractivity contribution in [2.24, 2.45) is 0 Å². The highest BCUT2D eigenvalue weighted by Crippen LogP contribution is 2.32. The van der Waals surface area contributed by atoms with Crippen LogP contribution in [0.1, 0.15) is 11.5 Å². The second-order valence-corrected chi connectivity index (χ2v) is 5.63. The summed E-state index contributed by atoms with van der Waals surface area (Å²) in [5.74, 6) is 2.42. The fourth-order valence-corrected chi connectivity index (χ4v) is 2.60. The Morgan fingerprint density at radius 2 is 1.92 bits per heavy atom. The number of aromatic nitrogens is 1. The maximum absolute atomic E-state index is 12.1. The fraction of sp³-hybridized carbons (Fsp3) is 0.158. The summed E-state index contributed by atoms with van der Waals surface area (Å²) >= 11 is 0. The molecule has 0 bridgehead atoms. The van der Waals surface area contributed by atoms with Gasteiger partial charge in [0.25, 0.3) is 0 Å². The van der Waals surface area contributed by atoms with Gasteiger partial charge in [-0.2, -0.15) is 0 Å². The fourth-order valence-electron chi connectivity index (χ4n) is 2.60. The zero-order valence-corrected chi connectivity index (χ0v) is 13.4. The monoisotopic (exact) mass is 336 g/mol. The predicted molar refractivity (Wildman–Crippen MR) is 90.1 cm³/mol. The first-order valence-electron chi connectivity index (χ1n) is 7.93. The van der Waals surface area contributed by atoms with Gasteiger partial charge >= 0.3 is 0 Å². The second kappa shape index (κ2) is 6.68. The van der Waals surface area contributed by atoms with Crippen molar-refractivity contribution in [1.82, 2.24) is 10.3 Å². The number of benzene rings is 2. The van der Waals surface area contributed by atoms with Crippen molar-refractivity contribution in [2.75, 3.05) is 6.79 Å². The van der Waals surface area contributed by atoms with Crippen LogP contribution in [-0.2, 0) is 17.8 Å². The maximum Gasteiger partial charge on any atom is 0.231 e. The van der Waals surface area contributed by atoms with Crippen molar-refractivity contribution >= 4 is 5.91 Å². The van der Waals surface area contributed by atoms with Gasteiger partial charge in [0.1, 0.15) is 0 Å². The summed E-state index contributed by atoms with van der Waals surface area (Å²) in [5, 5.41) is 2.81. The number of fused-ring (bicyclic) bond motifs is 1. The van der Waals surface area contributed by atoms with E-state index < -0.39 is 0 Å². The smallest absolute Gasteiger partial charge is 0.231 e. The van der Waals surface area contributed by atoms with Crippen LogP contribution in [0.4, 0.5) is 0 Å². The normalized spacial score (nSPS) is 12.2. The minimum Gasteiger partial charge on any atom is -0.454 e. The molecule has 2 aromatic carbocycles. The lowest BCUT2D eigenvalue weighted by Crippen LogP contribution is -2.24. The minimum atomic E-state index is -0.113.